The van der Waals surface area contributed by atoms with Crippen molar-refractivity contribution in [1.29, 1.82) is 0 Å². The Morgan fingerprint density at radius 1 is 1.53 bits per heavy atom. The van der Waals surface area contributed by atoms with Gasteiger partial charge in [0.25, 0.3) is 0 Å². The summed E-state index contributed by atoms with van der Waals surface area (Å²) in [4.78, 5) is 3.17. The summed E-state index contributed by atoms with van der Waals surface area (Å²) < 4.78 is 15.8. The minimum absolute atomic E-state index is 0.606. The molecule has 7 heteroatoms. The molecule has 0 radical (unpaired) electrons. The number of fused-ring (bicyclic) bond motifs is 1. The van der Waals surface area contributed by atoms with E-state index in [9.17, 15) is 4.21 Å². The Bertz CT molecular complexity index is 622. The maximum Gasteiger partial charge on any atom is 0.179 e. The van der Waals surface area contributed by atoms with Crippen LogP contribution < -0.4 is 0 Å². The second kappa shape index (κ2) is 4.73. The van der Waals surface area contributed by atoms with Crippen molar-refractivity contribution in [2.45, 2.75) is 26.9 Å². The molecule has 0 spiro atoms. The number of aromatic nitrogens is 4. The summed E-state index contributed by atoms with van der Waals surface area (Å²) in [5.74, 6) is 0.606. The van der Waals surface area contributed by atoms with Crippen LogP contribution in [0.2, 0.25) is 0 Å². The molecule has 2 aromatic heterocycles. The molecule has 2 heterocycles. The highest BCUT2D eigenvalue weighted by Crippen LogP contribution is 2.17. The number of H-pyrrole nitrogens is 1. The Labute approximate surface area is 107 Å². The highest BCUT2D eigenvalue weighted by Gasteiger charge is 2.13. The van der Waals surface area contributed by atoms with Crippen LogP contribution in [0.25, 0.3) is 11.2 Å². The quantitative estimate of drug-likeness (QED) is 0.860. The molecule has 0 aliphatic carbocycles. The maximum absolute atomic E-state index is 11.2. The molecule has 1 unspecified atom stereocenters. The molecule has 5 nitrogen and oxygen atoms in total. The van der Waals surface area contributed by atoms with Crippen LogP contribution in [-0.2, 0) is 23.9 Å². The van der Waals surface area contributed by atoms with Gasteiger partial charge in [-0.05, 0) is 26.1 Å². The molecular weight excluding hydrogens is 256 g/mol. The van der Waals surface area contributed by atoms with Gasteiger partial charge in [-0.2, -0.15) is 5.10 Å². The van der Waals surface area contributed by atoms with Gasteiger partial charge < -0.3 is 9.55 Å². The lowest BCUT2D eigenvalue weighted by molar-refractivity contribution is 0.635. The zero-order valence-corrected chi connectivity index (χ0v) is 11.8. The van der Waals surface area contributed by atoms with Gasteiger partial charge in [0, 0.05) is 35.9 Å². The van der Waals surface area contributed by atoms with Gasteiger partial charge in [-0.1, -0.05) is 0 Å². The molecule has 0 fully saturated rings. The van der Waals surface area contributed by atoms with Crippen LogP contribution in [0.3, 0.4) is 0 Å². The fraction of sp³-hybridized carbons (Fsp3) is 0.600. The summed E-state index contributed by atoms with van der Waals surface area (Å²) in [7, 11) is -0.814. The van der Waals surface area contributed by atoms with Crippen molar-refractivity contribution in [3.63, 3.8) is 0 Å². The Balaban J connectivity index is 2.56. The zero-order chi connectivity index (χ0) is 12.6. The number of hydrogen-bond donors (Lipinski definition) is 1. The smallest absolute Gasteiger partial charge is 0.179 e. The van der Waals surface area contributed by atoms with E-state index >= 15 is 0 Å². The molecule has 1 atom stereocenters. The topological polar surface area (TPSA) is 55.6 Å². The predicted molar refractivity (Wildman–Crippen MR) is 72.3 cm³/mol. The van der Waals surface area contributed by atoms with Gasteiger partial charge in [0.1, 0.15) is 5.52 Å². The van der Waals surface area contributed by atoms with E-state index in [0.29, 0.717) is 17.1 Å². The second-order valence-corrected chi connectivity index (χ2v) is 5.90. The molecule has 2 rings (SSSR count). The number of aromatic amines is 1. The lowest BCUT2D eigenvalue weighted by atomic mass is 10.4. The molecule has 2 aromatic rings. The number of nitrogens with one attached hydrogen (secondary N) is 1. The van der Waals surface area contributed by atoms with Crippen molar-refractivity contribution in [2.75, 3.05) is 12.0 Å². The molecule has 0 amide bonds. The molecule has 0 bridgehead atoms. The van der Waals surface area contributed by atoms with Crippen molar-refractivity contribution in [2.24, 2.45) is 0 Å². The minimum Gasteiger partial charge on any atom is -0.328 e. The van der Waals surface area contributed by atoms with E-state index in [-0.39, 0.29) is 0 Å². The Hall–Kier alpha value is -0.950. The summed E-state index contributed by atoms with van der Waals surface area (Å²) in [6, 6.07) is 0. The fourth-order valence-corrected chi connectivity index (χ4v) is 2.63. The van der Waals surface area contributed by atoms with Crippen LogP contribution in [0.15, 0.2) is 0 Å². The first-order valence-corrected chi connectivity index (χ1v) is 7.64. The Morgan fingerprint density at radius 2 is 2.24 bits per heavy atom. The highest BCUT2D eigenvalue weighted by molar-refractivity contribution is 7.84. The molecule has 17 heavy (non-hydrogen) atoms. The van der Waals surface area contributed by atoms with Crippen molar-refractivity contribution in [3.8, 4) is 0 Å². The molecule has 94 valence electrons. The summed E-state index contributed by atoms with van der Waals surface area (Å²) in [5, 5.41) is 4.44. The third kappa shape index (κ3) is 2.21. The van der Waals surface area contributed by atoms with Gasteiger partial charge in [-0.3, -0.25) is 4.21 Å². The standard InChI is InChI=1S/C10H16N4OS2/c1-4-14-9-8(7(2)12-14)11-10(16)13(9)5-6-17(3)15/h4-6H2,1-3H3,(H,11,16). The van der Waals surface area contributed by atoms with Gasteiger partial charge >= 0.3 is 0 Å². The second-order valence-electron chi connectivity index (χ2n) is 3.96. The van der Waals surface area contributed by atoms with Gasteiger partial charge in [0.15, 0.2) is 10.4 Å². The van der Waals surface area contributed by atoms with E-state index in [1.54, 1.807) is 6.26 Å². The Morgan fingerprint density at radius 3 is 2.82 bits per heavy atom. The van der Waals surface area contributed by atoms with Crippen LogP contribution in [0.5, 0.6) is 0 Å². The molecule has 0 aliphatic heterocycles. The lowest BCUT2D eigenvalue weighted by Crippen LogP contribution is -2.10. The molecule has 0 saturated heterocycles. The van der Waals surface area contributed by atoms with Crippen LogP contribution in [0.1, 0.15) is 12.6 Å². The van der Waals surface area contributed by atoms with E-state index in [0.717, 1.165) is 23.4 Å². The van der Waals surface area contributed by atoms with Gasteiger partial charge in [-0.15, -0.1) is 0 Å². The van der Waals surface area contributed by atoms with Crippen LogP contribution in [0, 0.1) is 11.7 Å². The van der Waals surface area contributed by atoms with Crippen molar-refractivity contribution in [3.05, 3.63) is 10.5 Å². The van der Waals surface area contributed by atoms with E-state index in [4.69, 9.17) is 12.2 Å². The number of imidazole rings is 1. The molecular formula is C10H16N4OS2. The van der Waals surface area contributed by atoms with Gasteiger partial charge in [0.2, 0.25) is 0 Å². The number of aryl methyl sites for hydroxylation is 3. The molecule has 0 aliphatic rings. The first-order valence-electron chi connectivity index (χ1n) is 5.50. The fourth-order valence-electron chi connectivity index (χ4n) is 1.91. The van der Waals surface area contributed by atoms with E-state index in [1.165, 1.54) is 0 Å². The lowest BCUT2D eigenvalue weighted by Gasteiger charge is -2.04. The number of rotatable bonds is 4. The predicted octanol–water partition coefficient (Wildman–Crippen LogP) is 1.60. The first-order chi connectivity index (χ1) is 8.04. The first kappa shape index (κ1) is 12.5. The third-order valence-corrected chi connectivity index (χ3v) is 3.82. The van der Waals surface area contributed by atoms with Gasteiger partial charge in [0.05, 0.1) is 5.69 Å². The number of hydrogen-bond acceptors (Lipinski definition) is 3. The largest absolute Gasteiger partial charge is 0.328 e. The molecule has 0 aromatic carbocycles. The SMILES string of the molecule is CCn1nc(C)c2[nH]c(=S)n(CCS(C)=O)c21. The highest BCUT2D eigenvalue weighted by atomic mass is 32.2. The van der Waals surface area contributed by atoms with E-state index in [2.05, 4.69) is 10.1 Å². The Kier molecular flexibility index (Phi) is 3.48. The van der Waals surface area contributed by atoms with Crippen LogP contribution in [0.4, 0.5) is 0 Å². The van der Waals surface area contributed by atoms with E-state index < -0.39 is 10.8 Å². The van der Waals surface area contributed by atoms with Crippen molar-refractivity contribution >= 4 is 34.2 Å². The summed E-state index contributed by atoms with van der Waals surface area (Å²) in [6.07, 6.45) is 1.70. The average molecular weight is 272 g/mol. The zero-order valence-electron chi connectivity index (χ0n) is 10.2. The third-order valence-electron chi connectivity index (χ3n) is 2.74. The summed E-state index contributed by atoms with van der Waals surface area (Å²) in [5.41, 5.74) is 2.93. The van der Waals surface area contributed by atoms with Crippen molar-refractivity contribution < 1.29 is 4.21 Å². The van der Waals surface area contributed by atoms with Crippen LogP contribution in [-0.4, -0.2) is 35.5 Å². The number of nitrogens with zero attached hydrogens (tertiary/aromatic N) is 3. The van der Waals surface area contributed by atoms with E-state index in [1.807, 2.05) is 23.1 Å². The normalized spacial score (nSPS) is 13.4. The molecule has 0 saturated carbocycles. The summed E-state index contributed by atoms with van der Waals surface area (Å²) >= 11 is 5.29. The summed E-state index contributed by atoms with van der Waals surface area (Å²) in [6.45, 7) is 5.46. The van der Waals surface area contributed by atoms with Gasteiger partial charge in [-0.25, -0.2) is 4.68 Å². The van der Waals surface area contributed by atoms with Crippen LogP contribution >= 0.6 is 12.2 Å². The maximum atomic E-state index is 11.2. The molecule has 1 N–H and O–H groups in total. The monoisotopic (exact) mass is 272 g/mol. The van der Waals surface area contributed by atoms with Crippen molar-refractivity contribution in [1.82, 2.24) is 19.3 Å². The average Bonchev–Trinajstić information content (AvgIpc) is 2.74. The minimum atomic E-state index is -0.814.